The van der Waals surface area contributed by atoms with Crippen LogP contribution < -0.4 is 9.46 Å². The minimum Gasteiger partial charge on any atom is -0.492 e. The Labute approximate surface area is 175 Å². The Kier molecular flexibility index (Phi) is 7.71. The maximum atomic E-state index is 12.7. The van der Waals surface area contributed by atoms with Crippen LogP contribution in [0.25, 0.3) is 0 Å². The van der Waals surface area contributed by atoms with E-state index in [1.807, 2.05) is 0 Å². The zero-order valence-electron chi connectivity index (χ0n) is 15.8. The van der Waals surface area contributed by atoms with Crippen molar-refractivity contribution < 1.29 is 17.9 Å². The number of nitrogens with one attached hydrogen (secondary N) is 1. The van der Waals surface area contributed by atoms with E-state index in [4.69, 9.17) is 27.9 Å². The van der Waals surface area contributed by atoms with Crippen molar-refractivity contribution in [3.05, 3.63) is 58.1 Å². The molecule has 0 saturated heterocycles. The van der Waals surface area contributed by atoms with E-state index in [0.717, 1.165) is 0 Å². The highest BCUT2D eigenvalue weighted by molar-refractivity contribution is 7.89. The normalized spacial score (nSPS) is 11.5. The molecule has 0 aliphatic carbocycles. The van der Waals surface area contributed by atoms with Crippen molar-refractivity contribution >= 4 is 39.1 Å². The highest BCUT2D eigenvalue weighted by Crippen LogP contribution is 2.22. The van der Waals surface area contributed by atoms with Gasteiger partial charge in [-0.25, -0.2) is 13.1 Å². The van der Waals surface area contributed by atoms with Gasteiger partial charge in [-0.2, -0.15) is 0 Å². The number of likely N-dealkylation sites (N-methyl/N-ethyl adjacent to an activating group) is 1. The van der Waals surface area contributed by atoms with Crippen molar-refractivity contribution in [2.75, 3.05) is 20.2 Å². The summed E-state index contributed by atoms with van der Waals surface area (Å²) in [5.41, 5.74) is 0.113. The molecule has 1 N–H and O–H groups in total. The first-order chi connectivity index (χ1) is 13.1. The van der Waals surface area contributed by atoms with E-state index in [2.05, 4.69) is 4.72 Å². The second-order valence-electron chi connectivity index (χ2n) is 6.45. The molecule has 0 radical (unpaired) electrons. The molecule has 0 atom stereocenters. The third-order valence-corrected chi connectivity index (χ3v) is 5.96. The van der Waals surface area contributed by atoms with E-state index in [-0.39, 0.29) is 28.1 Å². The van der Waals surface area contributed by atoms with Gasteiger partial charge in [0, 0.05) is 18.1 Å². The van der Waals surface area contributed by atoms with Gasteiger partial charge in [-0.3, -0.25) is 4.79 Å². The van der Waals surface area contributed by atoms with Crippen LogP contribution in [-0.2, 0) is 10.0 Å². The molecule has 1 amide bonds. The molecule has 0 aliphatic heterocycles. The van der Waals surface area contributed by atoms with Crippen LogP contribution in [-0.4, -0.2) is 45.5 Å². The van der Waals surface area contributed by atoms with Crippen LogP contribution in [0.5, 0.6) is 5.75 Å². The van der Waals surface area contributed by atoms with E-state index >= 15 is 0 Å². The Morgan fingerprint density at radius 3 is 2.39 bits per heavy atom. The summed E-state index contributed by atoms with van der Waals surface area (Å²) in [6, 6.07) is 10.7. The van der Waals surface area contributed by atoms with Gasteiger partial charge in [0.05, 0.1) is 22.0 Å². The lowest BCUT2D eigenvalue weighted by molar-refractivity contribution is 0.0773. The summed E-state index contributed by atoms with van der Waals surface area (Å²) in [5, 5.41) is 0.787. The quantitative estimate of drug-likeness (QED) is 0.670. The monoisotopic (exact) mass is 444 g/mol. The molecule has 2 aromatic rings. The minimum absolute atomic E-state index is 0.0141. The highest BCUT2D eigenvalue weighted by atomic mass is 35.5. The van der Waals surface area contributed by atoms with Gasteiger partial charge in [0.15, 0.2) is 0 Å². The Morgan fingerprint density at radius 1 is 1.14 bits per heavy atom. The van der Waals surface area contributed by atoms with Crippen LogP contribution in [0.1, 0.15) is 24.2 Å². The number of ether oxygens (including phenoxy) is 1. The van der Waals surface area contributed by atoms with Crippen molar-refractivity contribution in [3.63, 3.8) is 0 Å². The summed E-state index contributed by atoms with van der Waals surface area (Å²) in [7, 11) is -2.13. The molecule has 0 heterocycles. The van der Waals surface area contributed by atoms with E-state index in [1.54, 1.807) is 45.2 Å². The van der Waals surface area contributed by atoms with Gasteiger partial charge >= 0.3 is 0 Å². The number of benzene rings is 2. The number of rotatable bonds is 8. The molecule has 0 spiro atoms. The molecule has 9 heteroatoms. The van der Waals surface area contributed by atoms with E-state index < -0.39 is 15.9 Å². The summed E-state index contributed by atoms with van der Waals surface area (Å²) in [4.78, 5) is 14.1. The number of nitrogens with zero attached hydrogens (tertiary/aromatic N) is 1. The highest BCUT2D eigenvalue weighted by Gasteiger charge is 2.21. The van der Waals surface area contributed by atoms with Crippen molar-refractivity contribution in [1.29, 1.82) is 0 Å². The molecular formula is C19H22Cl2N2O4S. The van der Waals surface area contributed by atoms with Gasteiger partial charge in [-0.05, 0) is 56.3 Å². The summed E-state index contributed by atoms with van der Waals surface area (Å²) < 4.78 is 32.7. The van der Waals surface area contributed by atoms with Gasteiger partial charge < -0.3 is 9.64 Å². The molecule has 2 aromatic carbocycles. The SMILES string of the molecule is CC(C)NS(=O)(=O)c1ccc(Cl)c(C(=O)N(C)CCOc2ccc(Cl)cc2)c1. The number of halogens is 2. The molecule has 152 valence electrons. The fourth-order valence-corrected chi connectivity index (χ4v) is 3.95. The zero-order chi connectivity index (χ0) is 20.9. The molecular weight excluding hydrogens is 423 g/mol. The van der Waals surface area contributed by atoms with Gasteiger partial charge in [-0.15, -0.1) is 0 Å². The van der Waals surface area contributed by atoms with Gasteiger partial charge in [-0.1, -0.05) is 23.2 Å². The van der Waals surface area contributed by atoms with Crippen molar-refractivity contribution in [1.82, 2.24) is 9.62 Å². The Balaban J connectivity index is 2.07. The average Bonchev–Trinajstić information content (AvgIpc) is 2.62. The van der Waals surface area contributed by atoms with E-state index in [1.165, 1.54) is 23.1 Å². The van der Waals surface area contributed by atoms with E-state index in [0.29, 0.717) is 17.3 Å². The molecule has 0 fully saturated rings. The molecule has 2 rings (SSSR count). The summed E-state index contributed by atoms with van der Waals surface area (Å²) in [6.45, 7) is 3.98. The minimum atomic E-state index is -3.73. The summed E-state index contributed by atoms with van der Waals surface area (Å²) in [5.74, 6) is 0.238. The van der Waals surface area contributed by atoms with Gasteiger partial charge in [0.25, 0.3) is 5.91 Å². The van der Waals surface area contributed by atoms with Gasteiger partial charge in [0.2, 0.25) is 10.0 Å². The number of hydrogen-bond donors (Lipinski definition) is 1. The fourth-order valence-electron chi connectivity index (χ4n) is 2.35. The molecule has 0 aliphatic rings. The topological polar surface area (TPSA) is 75.7 Å². The van der Waals surface area contributed by atoms with Crippen LogP contribution in [0.3, 0.4) is 0 Å². The Hall–Kier alpha value is -1.80. The average molecular weight is 445 g/mol. The van der Waals surface area contributed by atoms with Gasteiger partial charge in [0.1, 0.15) is 12.4 Å². The lowest BCUT2D eigenvalue weighted by Gasteiger charge is -2.19. The zero-order valence-corrected chi connectivity index (χ0v) is 18.1. The third kappa shape index (κ3) is 6.10. The van der Waals surface area contributed by atoms with Crippen LogP contribution in [0.2, 0.25) is 10.0 Å². The largest absolute Gasteiger partial charge is 0.492 e. The summed E-state index contributed by atoms with van der Waals surface area (Å²) >= 11 is 12.0. The van der Waals surface area contributed by atoms with Crippen molar-refractivity contribution in [3.8, 4) is 5.75 Å². The molecule has 0 bridgehead atoms. The number of amides is 1. The van der Waals surface area contributed by atoms with Crippen molar-refractivity contribution in [2.24, 2.45) is 0 Å². The predicted octanol–water partition coefficient (Wildman–Crippen LogP) is 3.83. The lowest BCUT2D eigenvalue weighted by Crippen LogP contribution is -2.32. The number of carbonyl (C=O) groups is 1. The maximum absolute atomic E-state index is 12.7. The number of sulfonamides is 1. The molecule has 6 nitrogen and oxygen atoms in total. The third-order valence-electron chi connectivity index (χ3n) is 3.73. The first-order valence-electron chi connectivity index (χ1n) is 8.56. The Bertz CT molecular complexity index is 931. The predicted molar refractivity (Wildman–Crippen MR) is 111 cm³/mol. The second-order valence-corrected chi connectivity index (χ2v) is 9.00. The molecule has 0 unspecified atom stereocenters. The molecule has 0 aromatic heterocycles. The maximum Gasteiger partial charge on any atom is 0.255 e. The smallest absolute Gasteiger partial charge is 0.255 e. The number of hydrogen-bond acceptors (Lipinski definition) is 4. The lowest BCUT2D eigenvalue weighted by atomic mass is 10.2. The molecule has 0 saturated carbocycles. The second kappa shape index (κ2) is 9.60. The van der Waals surface area contributed by atoms with E-state index in [9.17, 15) is 13.2 Å². The summed E-state index contributed by atoms with van der Waals surface area (Å²) in [6.07, 6.45) is 0. The standard InChI is InChI=1S/C19H22Cl2N2O4S/c1-13(2)22-28(25,26)16-8-9-18(21)17(12-16)19(24)23(3)10-11-27-15-6-4-14(20)5-7-15/h4-9,12-13,22H,10-11H2,1-3H3. The fraction of sp³-hybridized carbons (Fsp3) is 0.316. The van der Waals surface area contributed by atoms with Crippen LogP contribution in [0.4, 0.5) is 0 Å². The van der Waals surface area contributed by atoms with Crippen LogP contribution >= 0.6 is 23.2 Å². The first kappa shape index (κ1) is 22.5. The first-order valence-corrected chi connectivity index (χ1v) is 10.8. The molecule has 28 heavy (non-hydrogen) atoms. The van der Waals surface area contributed by atoms with Crippen LogP contribution in [0, 0.1) is 0 Å². The number of carbonyl (C=O) groups excluding carboxylic acids is 1. The Morgan fingerprint density at radius 2 is 1.79 bits per heavy atom. The van der Waals surface area contributed by atoms with Crippen LogP contribution in [0.15, 0.2) is 47.4 Å². The van der Waals surface area contributed by atoms with Crippen molar-refractivity contribution in [2.45, 2.75) is 24.8 Å².